The molecule has 0 aromatic heterocycles. The molecular formula is C11H22O2Si. The second-order valence-electron chi connectivity index (χ2n) is 5.23. The zero-order chi connectivity index (χ0) is 11.5. The van der Waals surface area contributed by atoms with Crippen LogP contribution in [0.4, 0.5) is 0 Å². The number of carbonyl (C=O) groups excluding carboxylic acids is 2. The molecule has 0 aromatic rings. The number of ketones is 2. The van der Waals surface area contributed by atoms with Gasteiger partial charge in [0.05, 0.1) is 0 Å². The van der Waals surface area contributed by atoms with Crippen molar-refractivity contribution in [2.24, 2.45) is 5.41 Å². The van der Waals surface area contributed by atoms with Gasteiger partial charge in [-0.2, -0.15) is 0 Å². The summed E-state index contributed by atoms with van der Waals surface area (Å²) in [6.45, 7) is 12.2. The highest BCUT2D eigenvalue weighted by Gasteiger charge is 2.36. The van der Waals surface area contributed by atoms with Crippen LogP contribution in [0.25, 0.3) is 0 Å². The SMILES string of the molecule is CCC(=O)C(=O)C([SiH](C)C)C(C)(C)C. The minimum Gasteiger partial charge on any atom is -0.291 e. The molecule has 0 fully saturated rings. The third kappa shape index (κ3) is 3.37. The van der Waals surface area contributed by atoms with Crippen LogP contribution in [0.5, 0.6) is 0 Å². The third-order valence-electron chi connectivity index (χ3n) is 2.48. The topological polar surface area (TPSA) is 34.1 Å². The predicted octanol–water partition coefficient (Wildman–Crippen LogP) is 2.44. The van der Waals surface area contributed by atoms with Crippen molar-refractivity contribution in [1.29, 1.82) is 0 Å². The third-order valence-corrected chi connectivity index (χ3v) is 5.11. The molecule has 0 aliphatic rings. The van der Waals surface area contributed by atoms with Crippen molar-refractivity contribution in [3.63, 3.8) is 0 Å². The van der Waals surface area contributed by atoms with Crippen molar-refractivity contribution in [2.45, 2.75) is 52.8 Å². The number of hydrogen-bond acceptors (Lipinski definition) is 2. The van der Waals surface area contributed by atoms with E-state index in [0.29, 0.717) is 6.42 Å². The molecule has 0 saturated heterocycles. The first kappa shape index (κ1) is 13.6. The smallest absolute Gasteiger partial charge is 0.198 e. The summed E-state index contributed by atoms with van der Waals surface area (Å²) in [5.41, 5.74) is -0.0857. The van der Waals surface area contributed by atoms with Crippen LogP contribution in [-0.4, -0.2) is 20.4 Å². The van der Waals surface area contributed by atoms with Gasteiger partial charge in [-0.3, -0.25) is 9.59 Å². The number of carbonyl (C=O) groups is 2. The van der Waals surface area contributed by atoms with E-state index in [-0.39, 0.29) is 22.5 Å². The summed E-state index contributed by atoms with van der Waals surface area (Å²) in [5.74, 6) is -0.340. The first-order valence-electron chi connectivity index (χ1n) is 5.28. The monoisotopic (exact) mass is 214 g/mol. The molecule has 0 heterocycles. The molecule has 0 radical (unpaired) electrons. The Morgan fingerprint density at radius 2 is 1.64 bits per heavy atom. The van der Waals surface area contributed by atoms with Crippen LogP contribution in [-0.2, 0) is 9.59 Å². The Balaban J connectivity index is 4.86. The summed E-state index contributed by atoms with van der Waals surface area (Å²) in [4.78, 5) is 23.2. The molecule has 1 unspecified atom stereocenters. The maximum absolute atomic E-state index is 11.8. The molecule has 0 amide bonds. The molecule has 14 heavy (non-hydrogen) atoms. The van der Waals surface area contributed by atoms with E-state index in [1.807, 2.05) is 20.8 Å². The van der Waals surface area contributed by atoms with Crippen molar-refractivity contribution in [3.05, 3.63) is 0 Å². The summed E-state index contributed by atoms with van der Waals surface area (Å²) < 4.78 is 0. The second kappa shape index (κ2) is 4.87. The lowest BCUT2D eigenvalue weighted by atomic mass is 9.87. The van der Waals surface area contributed by atoms with E-state index in [4.69, 9.17) is 0 Å². The lowest BCUT2D eigenvalue weighted by molar-refractivity contribution is -0.137. The molecule has 1 atom stereocenters. The van der Waals surface area contributed by atoms with E-state index in [2.05, 4.69) is 13.1 Å². The van der Waals surface area contributed by atoms with Crippen molar-refractivity contribution in [3.8, 4) is 0 Å². The molecule has 0 aliphatic heterocycles. The van der Waals surface area contributed by atoms with Gasteiger partial charge in [0.1, 0.15) is 0 Å². The van der Waals surface area contributed by atoms with E-state index in [9.17, 15) is 9.59 Å². The zero-order valence-corrected chi connectivity index (χ0v) is 11.3. The molecule has 82 valence electrons. The van der Waals surface area contributed by atoms with E-state index in [1.54, 1.807) is 6.92 Å². The van der Waals surface area contributed by atoms with Crippen LogP contribution in [0.3, 0.4) is 0 Å². The molecule has 0 rings (SSSR count). The highest BCUT2D eigenvalue weighted by molar-refractivity contribution is 6.67. The molecule has 0 spiro atoms. The van der Waals surface area contributed by atoms with Crippen LogP contribution in [0.1, 0.15) is 34.1 Å². The Hall–Kier alpha value is -0.443. The van der Waals surface area contributed by atoms with Crippen LogP contribution >= 0.6 is 0 Å². The fourth-order valence-corrected chi connectivity index (χ4v) is 4.84. The maximum Gasteiger partial charge on any atom is 0.198 e. The standard InChI is InChI=1S/C11H22O2Si/c1-7-8(12)9(13)10(14(5)6)11(2,3)4/h10,14H,7H2,1-6H3. The fraction of sp³-hybridized carbons (Fsp3) is 0.818. The molecular weight excluding hydrogens is 192 g/mol. The average Bonchev–Trinajstić information content (AvgIpc) is 1.99. The van der Waals surface area contributed by atoms with Crippen LogP contribution in [0.2, 0.25) is 18.6 Å². The molecule has 0 saturated carbocycles. The first-order chi connectivity index (χ1) is 6.21. The van der Waals surface area contributed by atoms with Crippen LogP contribution < -0.4 is 0 Å². The molecule has 0 N–H and O–H groups in total. The van der Waals surface area contributed by atoms with Crippen molar-refractivity contribution < 1.29 is 9.59 Å². The lowest BCUT2D eigenvalue weighted by Crippen LogP contribution is -2.36. The number of hydrogen-bond donors (Lipinski definition) is 0. The van der Waals surface area contributed by atoms with E-state index in [1.165, 1.54) is 0 Å². The summed E-state index contributed by atoms with van der Waals surface area (Å²) in [5, 5.41) is 0. The predicted molar refractivity (Wildman–Crippen MR) is 62.4 cm³/mol. The summed E-state index contributed by atoms with van der Waals surface area (Å²) in [6.07, 6.45) is 0.340. The van der Waals surface area contributed by atoms with Crippen molar-refractivity contribution in [2.75, 3.05) is 0 Å². The van der Waals surface area contributed by atoms with Crippen LogP contribution in [0.15, 0.2) is 0 Å². The van der Waals surface area contributed by atoms with Gasteiger partial charge in [-0.15, -0.1) is 0 Å². The second-order valence-corrected chi connectivity index (χ2v) is 8.38. The van der Waals surface area contributed by atoms with Gasteiger partial charge >= 0.3 is 0 Å². The first-order valence-corrected chi connectivity index (χ1v) is 8.26. The zero-order valence-electron chi connectivity index (χ0n) is 10.2. The van der Waals surface area contributed by atoms with Gasteiger partial charge in [-0.1, -0.05) is 40.8 Å². The Morgan fingerprint density at radius 3 is 1.86 bits per heavy atom. The molecule has 3 heteroatoms. The van der Waals surface area contributed by atoms with Crippen molar-refractivity contribution in [1.82, 2.24) is 0 Å². The van der Waals surface area contributed by atoms with Gasteiger partial charge in [0.15, 0.2) is 11.6 Å². The van der Waals surface area contributed by atoms with Gasteiger partial charge < -0.3 is 0 Å². The molecule has 0 aliphatic carbocycles. The Morgan fingerprint density at radius 1 is 1.21 bits per heavy atom. The van der Waals surface area contributed by atoms with Crippen molar-refractivity contribution >= 4 is 20.4 Å². The highest BCUT2D eigenvalue weighted by atomic mass is 28.3. The van der Waals surface area contributed by atoms with E-state index < -0.39 is 8.80 Å². The molecule has 0 bridgehead atoms. The number of rotatable bonds is 4. The normalized spacial score (nSPS) is 14.2. The Bertz CT molecular complexity index is 226. The number of Topliss-reactive ketones (excluding diaryl/α,β-unsaturated/α-hetero) is 2. The summed E-state index contributed by atoms with van der Waals surface area (Å²) in [7, 11) is -1.11. The Labute approximate surface area is 88.7 Å². The van der Waals surface area contributed by atoms with Gasteiger partial charge in [0.2, 0.25) is 0 Å². The van der Waals surface area contributed by atoms with Gasteiger partial charge in [-0.25, -0.2) is 0 Å². The summed E-state index contributed by atoms with van der Waals surface area (Å²) in [6, 6.07) is 0. The van der Waals surface area contributed by atoms with Gasteiger partial charge in [0, 0.05) is 20.8 Å². The minimum absolute atomic E-state index is 0.0186. The lowest BCUT2D eigenvalue weighted by Gasteiger charge is -2.31. The average molecular weight is 214 g/mol. The maximum atomic E-state index is 11.8. The van der Waals surface area contributed by atoms with E-state index in [0.717, 1.165) is 0 Å². The molecule has 2 nitrogen and oxygen atoms in total. The minimum atomic E-state index is -1.11. The fourth-order valence-electron chi connectivity index (χ4n) is 2.04. The largest absolute Gasteiger partial charge is 0.291 e. The van der Waals surface area contributed by atoms with E-state index >= 15 is 0 Å². The van der Waals surface area contributed by atoms with Gasteiger partial charge in [0.25, 0.3) is 0 Å². The molecule has 0 aromatic carbocycles. The highest BCUT2D eigenvalue weighted by Crippen LogP contribution is 2.35. The Kier molecular flexibility index (Phi) is 4.72. The van der Waals surface area contributed by atoms with Crippen LogP contribution in [0, 0.1) is 5.41 Å². The van der Waals surface area contributed by atoms with Gasteiger partial charge in [-0.05, 0) is 5.41 Å². The quantitative estimate of drug-likeness (QED) is 0.532. The summed E-state index contributed by atoms with van der Waals surface area (Å²) >= 11 is 0.